The molecule has 6 nitrogen and oxygen atoms in total. The van der Waals surface area contributed by atoms with Gasteiger partial charge >= 0.3 is 0 Å². The molecule has 4 N–H and O–H groups in total. The van der Waals surface area contributed by atoms with Gasteiger partial charge in [-0.15, -0.1) is 0 Å². The van der Waals surface area contributed by atoms with Gasteiger partial charge in [-0.05, 0) is 36.2 Å². The Bertz CT molecular complexity index is 806. The maximum absolute atomic E-state index is 12.1. The van der Waals surface area contributed by atoms with Crippen molar-refractivity contribution in [2.75, 3.05) is 15.8 Å². The van der Waals surface area contributed by atoms with E-state index in [2.05, 4.69) is 10.0 Å². The summed E-state index contributed by atoms with van der Waals surface area (Å²) in [6, 6.07) is 15.6. The average molecular weight is 375 g/mol. The number of benzene rings is 2. The minimum Gasteiger partial charge on any atom is -0.326 e. The predicted octanol–water partition coefficient (Wildman–Crippen LogP) is 3.26. The van der Waals surface area contributed by atoms with E-state index < -0.39 is 10.0 Å². The van der Waals surface area contributed by atoms with Crippen LogP contribution in [0.25, 0.3) is 0 Å². The fraction of sp³-hybridized carbons (Fsp3) is 0.316. The maximum Gasteiger partial charge on any atom is 0.232 e. The molecule has 0 radical (unpaired) electrons. The van der Waals surface area contributed by atoms with Crippen LogP contribution < -0.4 is 15.8 Å². The zero-order valence-corrected chi connectivity index (χ0v) is 15.6. The van der Waals surface area contributed by atoms with Crippen molar-refractivity contribution in [2.24, 2.45) is 5.73 Å². The van der Waals surface area contributed by atoms with E-state index in [-0.39, 0.29) is 24.1 Å². The van der Waals surface area contributed by atoms with Crippen molar-refractivity contribution in [1.29, 1.82) is 0 Å². The van der Waals surface area contributed by atoms with Crippen molar-refractivity contribution in [3.63, 3.8) is 0 Å². The van der Waals surface area contributed by atoms with Crippen LogP contribution in [-0.4, -0.2) is 20.1 Å². The zero-order chi connectivity index (χ0) is 19.0. The molecule has 1 amide bonds. The molecule has 0 aliphatic carbocycles. The summed E-state index contributed by atoms with van der Waals surface area (Å²) in [7, 11) is -3.33. The van der Waals surface area contributed by atoms with Crippen LogP contribution in [0.5, 0.6) is 0 Å². The lowest BCUT2D eigenvalue weighted by atomic mass is 10.0. The molecule has 7 heteroatoms. The number of hydrogen-bond donors (Lipinski definition) is 3. The number of amides is 1. The van der Waals surface area contributed by atoms with E-state index in [9.17, 15) is 13.2 Å². The Labute approximate surface area is 154 Å². The summed E-state index contributed by atoms with van der Waals surface area (Å²) < 4.78 is 26.3. The molecule has 26 heavy (non-hydrogen) atoms. The van der Waals surface area contributed by atoms with Crippen molar-refractivity contribution in [3.05, 3.63) is 60.2 Å². The summed E-state index contributed by atoms with van der Waals surface area (Å²) in [5.41, 5.74) is 8.01. The normalized spacial score (nSPS) is 12.4. The summed E-state index contributed by atoms with van der Waals surface area (Å²) in [4.78, 5) is 12.1. The molecule has 0 aromatic heterocycles. The fourth-order valence-corrected chi connectivity index (χ4v) is 3.68. The molecule has 2 rings (SSSR count). The van der Waals surface area contributed by atoms with Gasteiger partial charge in [0.2, 0.25) is 15.9 Å². The summed E-state index contributed by atoms with van der Waals surface area (Å²) in [5.74, 6) is -0.100. The third-order valence-electron chi connectivity index (χ3n) is 3.84. The minimum absolute atomic E-state index is 0.0966. The van der Waals surface area contributed by atoms with Crippen LogP contribution in [0.1, 0.15) is 37.8 Å². The van der Waals surface area contributed by atoms with Gasteiger partial charge < -0.3 is 11.1 Å². The molecule has 0 saturated heterocycles. The standard InChI is InChI=1S/C19H25N3O3S/c1-2-3-13-26(24,25)22-17-11-9-16(10-12-17)21-19(23)14-18(20)15-7-5-4-6-8-15/h4-12,18,22H,2-3,13-14,20H2,1H3,(H,21,23). The Morgan fingerprint density at radius 3 is 2.27 bits per heavy atom. The number of sulfonamides is 1. The number of nitrogens with one attached hydrogen (secondary N) is 2. The number of hydrogen-bond acceptors (Lipinski definition) is 4. The van der Waals surface area contributed by atoms with Gasteiger partial charge in [-0.3, -0.25) is 9.52 Å². The Hall–Kier alpha value is -2.38. The molecule has 1 atom stereocenters. The van der Waals surface area contributed by atoms with Gasteiger partial charge in [-0.1, -0.05) is 43.7 Å². The van der Waals surface area contributed by atoms with Gasteiger partial charge in [-0.25, -0.2) is 8.42 Å². The van der Waals surface area contributed by atoms with Crippen LogP contribution in [-0.2, 0) is 14.8 Å². The van der Waals surface area contributed by atoms with E-state index in [1.807, 2.05) is 37.3 Å². The van der Waals surface area contributed by atoms with E-state index >= 15 is 0 Å². The first-order valence-corrected chi connectivity index (χ1v) is 10.3. The Morgan fingerprint density at radius 1 is 1.04 bits per heavy atom. The molecule has 2 aromatic rings. The Kier molecular flexibility index (Phi) is 7.17. The van der Waals surface area contributed by atoms with E-state index in [1.165, 1.54) is 0 Å². The monoisotopic (exact) mass is 375 g/mol. The molecule has 0 aliphatic heterocycles. The largest absolute Gasteiger partial charge is 0.326 e. The first kappa shape index (κ1) is 19.9. The van der Waals surface area contributed by atoms with Crippen molar-refractivity contribution in [3.8, 4) is 0 Å². The molecular formula is C19H25N3O3S. The molecule has 0 spiro atoms. The highest BCUT2D eigenvalue weighted by Crippen LogP contribution is 2.18. The fourth-order valence-electron chi connectivity index (χ4n) is 2.42. The lowest BCUT2D eigenvalue weighted by Gasteiger charge is -2.13. The summed E-state index contributed by atoms with van der Waals surface area (Å²) >= 11 is 0. The molecule has 1 unspecified atom stereocenters. The molecule has 140 valence electrons. The van der Waals surface area contributed by atoms with Gasteiger partial charge in [0.15, 0.2) is 0 Å². The quantitative estimate of drug-likeness (QED) is 0.626. The van der Waals surface area contributed by atoms with Gasteiger partial charge in [0.1, 0.15) is 0 Å². The number of anilines is 2. The highest BCUT2D eigenvalue weighted by atomic mass is 32.2. The molecule has 0 bridgehead atoms. The number of carbonyl (C=O) groups is 1. The van der Waals surface area contributed by atoms with Crippen LogP contribution >= 0.6 is 0 Å². The molecule has 2 aromatic carbocycles. The molecule has 0 aliphatic rings. The third-order valence-corrected chi connectivity index (χ3v) is 5.21. The van der Waals surface area contributed by atoms with Gasteiger partial charge in [-0.2, -0.15) is 0 Å². The molecule has 0 saturated carbocycles. The van der Waals surface area contributed by atoms with Crippen LogP contribution in [0.3, 0.4) is 0 Å². The summed E-state index contributed by atoms with van der Waals surface area (Å²) in [6.45, 7) is 1.94. The third kappa shape index (κ3) is 6.50. The van der Waals surface area contributed by atoms with E-state index in [0.717, 1.165) is 12.0 Å². The summed E-state index contributed by atoms with van der Waals surface area (Å²) in [6.07, 6.45) is 1.59. The van der Waals surface area contributed by atoms with Crippen molar-refractivity contribution in [2.45, 2.75) is 32.2 Å². The second kappa shape index (κ2) is 9.35. The maximum atomic E-state index is 12.1. The minimum atomic E-state index is -3.33. The second-order valence-corrected chi connectivity index (χ2v) is 7.96. The number of unbranched alkanes of at least 4 members (excludes halogenated alkanes) is 1. The van der Waals surface area contributed by atoms with Gasteiger partial charge in [0.25, 0.3) is 0 Å². The molecule has 0 heterocycles. The predicted molar refractivity (Wildman–Crippen MR) is 105 cm³/mol. The van der Waals surface area contributed by atoms with E-state index in [4.69, 9.17) is 5.73 Å². The van der Waals surface area contributed by atoms with Crippen LogP contribution in [0.4, 0.5) is 11.4 Å². The van der Waals surface area contributed by atoms with Crippen molar-refractivity contribution < 1.29 is 13.2 Å². The zero-order valence-electron chi connectivity index (χ0n) is 14.8. The average Bonchev–Trinajstić information content (AvgIpc) is 2.62. The Morgan fingerprint density at radius 2 is 1.65 bits per heavy atom. The van der Waals surface area contributed by atoms with E-state index in [1.54, 1.807) is 24.3 Å². The highest BCUT2D eigenvalue weighted by molar-refractivity contribution is 7.92. The topological polar surface area (TPSA) is 101 Å². The number of nitrogens with two attached hydrogens (primary N) is 1. The second-order valence-electron chi connectivity index (χ2n) is 6.12. The number of rotatable bonds is 9. The number of carbonyl (C=O) groups excluding carboxylic acids is 1. The van der Waals surface area contributed by atoms with Crippen molar-refractivity contribution >= 4 is 27.3 Å². The first-order valence-electron chi connectivity index (χ1n) is 8.60. The van der Waals surface area contributed by atoms with Crippen LogP contribution in [0.2, 0.25) is 0 Å². The van der Waals surface area contributed by atoms with E-state index in [0.29, 0.717) is 17.8 Å². The Balaban J connectivity index is 1.89. The molecule has 0 fully saturated rings. The first-order chi connectivity index (χ1) is 12.4. The van der Waals surface area contributed by atoms with Gasteiger partial charge in [0.05, 0.1) is 5.75 Å². The van der Waals surface area contributed by atoms with Crippen molar-refractivity contribution in [1.82, 2.24) is 0 Å². The summed E-state index contributed by atoms with van der Waals surface area (Å²) in [5, 5.41) is 2.77. The SMILES string of the molecule is CCCCS(=O)(=O)Nc1ccc(NC(=O)CC(N)c2ccccc2)cc1. The molecular weight excluding hydrogens is 350 g/mol. The highest BCUT2D eigenvalue weighted by Gasteiger charge is 2.12. The van der Waals surface area contributed by atoms with Gasteiger partial charge in [0, 0.05) is 23.8 Å². The lowest BCUT2D eigenvalue weighted by Crippen LogP contribution is -2.20. The van der Waals surface area contributed by atoms with Crippen LogP contribution in [0.15, 0.2) is 54.6 Å². The smallest absolute Gasteiger partial charge is 0.232 e. The van der Waals surface area contributed by atoms with Crippen LogP contribution in [0, 0.1) is 0 Å². The lowest BCUT2D eigenvalue weighted by molar-refractivity contribution is -0.116.